The molecule has 156 valence electrons. The molecule has 0 bridgehead atoms. The average molecular weight is 403 g/mol. The van der Waals surface area contributed by atoms with Gasteiger partial charge in [-0.25, -0.2) is 4.39 Å². The number of ether oxygens (including phenoxy) is 3. The summed E-state index contributed by atoms with van der Waals surface area (Å²) in [5, 5.41) is 12.9. The molecule has 0 radical (unpaired) electrons. The van der Waals surface area contributed by atoms with E-state index >= 15 is 4.39 Å². The zero-order valence-corrected chi connectivity index (χ0v) is 16.2. The molecule has 5 atom stereocenters. The summed E-state index contributed by atoms with van der Waals surface area (Å²) in [6.45, 7) is 1.69. The van der Waals surface area contributed by atoms with E-state index in [9.17, 15) is 9.90 Å². The van der Waals surface area contributed by atoms with E-state index in [1.54, 1.807) is 0 Å². The second-order valence-corrected chi connectivity index (χ2v) is 7.00. The number of aliphatic hydroxyl groups is 1. The SMILES string of the molecule is CC(=O)NC1C(O)OC(COCc2ccccc2)C(F)C1OCc1ccccc1. The first-order chi connectivity index (χ1) is 14.0. The van der Waals surface area contributed by atoms with Gasteiger partial charge >= 0.3 is 0 Å². The van der Waals surface area contributed by atoms with Crippen molar-refractivity contribution < 1.29 is 28.5 Å². The maximum atomic E-state index is 15.2. The number of rotatable bonds is 8. The highest BCUT2D eigenvalue weighted by Crippen LogP contribution is 2.26. The summed E-state index contributed by atoms with van der Waals surface area (Å²) in [5.41, 5.74) is 1.81. The molecule has 1 saturated heterocycles. The largest absolute Gasteiger partial charge is 0.374 e. The Morgan fingerprint density at radius 1 is 1.07 bits per heavy atom. The quantitative estimate of drug-likeness (QED) is 0.708. The van der Waals surface area contributed by atoms with Gasteiger partial charge in [0.15, 0.2) is 12.5 Å². The van der Waals surface area contributed by atoms with Crippen molar-refractivity contribution in [3.8, 4) is 0 Å². The molecular weight excluding hydrogens is 377 g/mol. The Morgan fingerprint density at radius 2 is 1.66 bits per heavy atom. The van der Waals surface area contributed by atoms with Crippen LogP contribution in [0.5, 0.6) is 0 Å². The highest BCUT2D eigenvalue weighted by Gasteiger charge is 2.47. The summed E-state index contributed by atoms with van der Waals surface area (Å²) in [4.78, 5) is 11.5. The first-order valence-corrected chi connectivity index (χ1v) is 9.56. The fourth-order valence-electron chi connectivity index (χ4n) is 3.26. The summed E-state index contributed by atoms with van der Waals surface area (Å²) in [6.07, 6.45) is -5.08. The van der Waals surface area contributed by atoms with Crippen LogP contribution >= 0.6 is 0 Å². The second-order valence-electron chi connectivity index (χ2n) is 7.00. The summed E-state index contributed by atoms with van der Waals surface area (Å²) < 4.78 is 32.0. The van der Waals surface area contributed by atoms with E-state index in [0.717, 1.165) is 11.1 Å². The lowest BCUT2D eigenvalue weighted by Crippen LogP contribution is -2.63. The number of halogens is 1. The number of aliphatic hydroxyl groups excluding tert-OH is 1. The van der Waals surface area contributed by atoms with Crippen LogP contribution in [-0.2, 0) is 32.2 Å². The Balaban J connectivity index is 1.64. The average Bonchev–Trinajstić information content (AvgIpc) is 2.72. The standard InChI is InChI=1S/C22H26FNO5/c1-15(25)24-20-21(28-13-17-10-6-3-7-11-17)19(23)18(29-22(20)26)14-27-12-16-8-4-2-5-9-16/h2-11,18-22,26H,12-14H2,1H3,(H,24,25). The van der Waals surface area contributed by atoms with Crippen LogP contribution < -0.4 is 5.32 Å². The van der Waals surface area contributed by atoms with Crippen LogP contribution in [0.2, 0.25) is 0 Å². The molecule has 3 rings (SSSR count). The van der Waals surface area contributed by atoms with Gasteiger partial charge in [0.2, 0.25) is 5.91 Å². The van der Waals surface area contributed by atoms with Gasteiger partial charge in [-0.1, -0.05) is 60.7 Å². The third kappa shape index (κ3) is 6.08. The molecule has 0 spiro atoms. The van der Waals surface area contributed by atoms with Crippen molar-refractivity contribution in [3.05, 3.63) is 71.8 Å². The monoisotopic (exact) mass is 403 g/mol. The maximum Gasteiger partial charge on any atom is 0.217 e. The molecular formula is C22H26FNO5. The molecule has 1 heterocycles. The summed E-state index contributed by atoms with van der Waals surface area (Å²) >= 11 is 0. The number of carbonyl (C=O) groups is 1. The van der Waals surface area contributed by atoms with Gasteiger partial charge in [0.1, 0.15) is 18.2 Å². The molecule has 7 heteroatoms. The van der Waals surface area contributed by atoms with Gasteiger partial charge in [-0.3, -0.25) is 4.79 Å². The predicted octanol–water partition coefficient (Wildman–Crippen LogP) is 2.35. The van der Waals surface area contributed by atoms with E-state index in [1.807, 2.05) is 60.7 Å². The number of alkyl halides is 1. The molecule has 2 aromatic carbocycles. The highest BCUT2D eigenvalue weighted by atomic mass is 19.1. The Morgan fingerprint density at radius 3 is 2.24 bits per heavy atom. The van der Waals surface area contributed by atoms with Crippen molar-refractivity contribution >= 4 is 5.91 Å². The predicted molar refractivity (Wildman–Crippen MR) is 104 cm³/mol. The normalized spacial score (nSPS) is 26.8. The zero-order valence-electron chi connectivity index (χ0n) is 16.2. The van der Waals surface area contributed by atoms with Crippen LogP contribution in [0.1, 0.15) is 18.1 Å². The van der Waals surface area contributed by atoms with Gasteiger partial charge in [0.25, 0.3) is 0 Å². The molecule has 0 saturated carbocycles. The van der Waals surface area contributed by atoms with Crippen molar-refractivity contribution in [1.29, 1.82) is 0 Å². The number of nitrogens with one attached hydrogen (secondary N) is 1. The molecule has 1 amide bonds. The lowest BCUT2D eigenvalue weighted by molar-refractivity contribution is -0.253. The summed E-state index contributed by atoms with van der Waals surface area (Å²) in [7, 11) is 0. The fourth-order valence-corrected chi connectivity index (χ4v) is 3.26. The Labute approximate surface area is 169 Å². The Hall–Kier alpha value is -2.32. The van der Waals surface area contributed by atoms with Crippen LogP contribution in [0, 0.1) is 0 Å². The molecule has 29 heavy (non-hydrogen) atoms. The molecule has 1 aliphatic heterocycles. The minimum Gasteiger partial charge on any atom is -0.374 e. The maximum absolute atomic E-state index is 15.2. The molecule has 6 nitrogen and oxygen atoms in total. The third-order valence-electron chi connectivity index (χ3n) is 4.69. The topological polar surface area (TPSA) is 77.0 Å². The van der Waals surface area contributed by atoms with Crippen molar-refractivity contribution in [3.63, 3.8) is 0 Å². The molecule has 5 unspecified atom stereocenters. The van der Waals surface area contributed by atoms with Crippen molar-refractivity contribution in [1.82, 2.24) is 5.32 Å². The van der Waals surface area contributed by atoms with Crippen LogP contribution in [0.25, 0.3) is 0 Å². The van der Waals surface area contributed by atoms with E-state index in [2.05, 4.69) is 5.32 Å². The van der Waals surface area contributed by atoms with Crippen LogP contribution in [0.15, 0.2) is 60.7 Å². The number of amides is 1. The van der Waals surface area contributed by atoms with E-state index in [1.165, 1.54) is 6.92 Å². The van der Waals surface area contributed by atoms with Gasteiger partial charge in [-0.2, -0.15) is 0 Å². The zero-order chi connectivity index (χ0) is 20.6. The van der Waals surface area contributed by atoms with E-state index in [4.69, 9.17) is 14.2 Å². The van der Waals surface area contributed by atoms with E-state index in [-0.39, 0.29) is 13.2 Å². The molecule has 1 aliphatic rings. The Bertz CT molecular complexity index is 760. The first kappa shape index (κ1) is 21.4. The second kappa shape index (κ2) is 10.5. The number of hydrogen-bond donors (Lipinski definition) is 2. The number of carbonyl (C=O) groups excluding carboxylic acids is 1. The Kier molecular flexibility index (Phi) is 7.71. The van der Waals surface area contributed by atoms with Crippen molar-refractivity contribution in [2.45, 2.75) is 50.8 Å². The van der Waals surface area contributed by atoms with Gasteiger partial charge in [-0.05, 0) is 11.1 Å². The minimum atomic E-state index is -1.59. The fraction of sp³-hybridized carbons (Fsp3) is 0.409. The van der Waals surface area contributed by atoms with Crippen LogP contribution in [0.3, 0.4) is 0 Å². The summed E-state index contributed by atoms with van der Waals surface area (Å²) in [6, 6.07) is 17.8. The van der Waals surface area contributed by atoms with Crippen molar-refractivity contribution in [2.75, 3.05) is 6.61 Å². The molecule has 0 aliphatic carbocycles. The van der Waals surface area contributed by atoms with Gasteiger partial charge in [-0.15, -0.1) is 0 Å². The van der Waals surface area contributed by atoms with E-state index < -0.39 is 36.6 Å². The highest BCUT2D eigenvalue weighted by molar-refractivity contribution is 5.73. The molecule has 2 N–H and O–H groups in total. The molecule has 0 aromatic heterocycles. The van der Waals surface area contributed by atoms with E-state index in [0.29, 0.717) is 6.61 Å². The number of hydrogen-bond acceptors (Lipinski definition) is 5. The van der Waals surface area contributed by atoms with Crippen LogP contribution in [-0.4, -0.2) is 48.3 Å². The lowest BCUT2D eigenvalue weighted by atomic mass is 9.97. The first-order valence-electron chi connectivity index (χ1n) is 9.56. The molecule has 1 fully saturated rings. The third-order valence-corrected chi connectivity index (χ3v) is 4.69. The number of benzene rings is 2. The summed E-state index contributed by atoms with van der Waals surface area (Å²) in [5.74, 6) is -0.406. The minimum absolute atomic E-state index is 0.0505. The van der Waals surface area contributed by atoms with Crippen molar-refractivity contribution in [2.24, 2.45) is 0 Å². The van der Waals surface area contributed by atoms with Gasteiger partial charge in [0, 0.05) is 6.92 Å². The van der Waals surface area contributed by atoms with Gasteiger partial charge < -0.3 is 24.6 Å². The molecule has 2 aromatic rings. The van der Waals surface area contributed by atoms with Crippen LogP contribution in [0.4, 0.5) is 4.39 Å². The van der Waals surface area contributed by atoms with Gasteiger partial charge in [0.05, 0.1) is 19.8 Å². The smallest absolute Gasteiger partial charge is 0.217 e. The lowest BCUT2D eigenvalue weighted by Gasteiger charge is -2.41.